The van der Waals surface area contributed by atoms with Crippen LogP contribution in [0.4, 0.5) is 0 Å². The van der Waals surface area contributed by atoms with E-state index in [0.717, 1.165) is 5.01 Å². The first-order chi connectivity index (χ1) is 10.7. The second-order valence-electron chi connectivity index (χ2n) is 6.36. The molecule has 124 valence electrons. The normalized spacial score (nSPS) is 21.1. The molecule has 0 aromatic carbocycles. The maximum atomic E-state index is 12.7. The molecule has 0 bridgehead atoms. The van der Waals surface area contributed by atoms with Crippen LogP contribution < -0.4 is 0 Å². The summed E-state index contributed by atoms with van der Waals surface area (Å²) in [7, 11) is 0. The number of hydrogen-bond donors (Lipinski definition) is 1. The predicted molar refractivity (Wildman–Crippen MR) is 83.5 cm³/mol. The van der Waals surface area contributed by atoms with Gasteiger partial charge in [-0.1, -0.05) is 20.8 Å². The van der Waals surface area contributed by atoms with Gasteiger partial charge in [0.2, 0.25) is 0 Å². The number of carbonyl (C=O) groups is 2. The summed E-state index contributed by atoms with van der Waals surface area (Å²) in [5, 5.41) is 16.1. The first kappa shape index (κ1) is 17.1. The van der Waals surface area contributed by atoms with E-state index in [1.165, 1.54) is 24.5 Å². The van der Waals surface area contributed by atoms with Gasteiger partial charge in [-0.05, 0) is 19.1 Å². The molecular formula is C16H21N3O4. The number of ether oxygens (including phenoxy) is 1. The van der Waals surface area contributed by atoms with E-state index in [4.69, 9.17) is 4.74 Å². The lowest BCUT2D eigenvalue weighted by molar-refractivity contribution is -0.144. The van der Waals surface area contributed by atoms with Crippen LogP contribution >= 0.6 is 0 Å². The van der Waals surface area contributed by atoms with Gasteiger partial charge in [0.05, 0.1) is 6.61 Å². The van der Waals surface area contributed by atoms with Gasteiger partial charge in [0.1, 0.15) is 0 Å². The summed E-state index contributed by atoms with van der Waals surface area (Å²) in [4.78, 5) is 28.5. The number of hydrazone groups is 1. The fourth-order valence-electron chi connectivity index (χ4n) is 2.29. The lowest BCUT2D eigenvalue weighted by atomic mass is 9.80. The zero-order valence-corrected chi connectivity index (χ0v) is 13.7. The van der Waals surface area contributed by atoms with Crippen LogP contribution in [0.1, 0.15) is 44.5 Å². The maximum absolute atomic E-state index is 12.7. The highest BCUT2D eigenvalue weighted by Crippen LogP contribution is 2.41. The van der Waals surface area contributed by atoms with Gasteiger partial charge in [-0.3, -0.25) is 9.78 Å². The number of pyridine rings is 1. The molecule has 1 aromatic heterocycles. The van der Waals surface area contributed by atoms with E-state index in [-0.39, 0.29) is 18.7 Å². The third kappa shape index (κ3) is 3.10. The van der Waals surface area contributed by atoms with Crippen molar-refractivity contribution in [3.8, 4) is 0 Å². The first-order valence-electron chi connectivity index (χ1n) is 7.42. The first-order valence-corrected chi connectivity index (χ1v) is 7.42. The average Bonchev–Trinajstić information content (AvgIpc) is 2.87. The van der Waals surface area contributed by atoms with Crippen LogP contribution in [-0.2, 0) is 9.53 Å². The van der Waals surface area contributed by atoms with Gasteiger partial charge in [0.25, 0.3) is 5.91 Å². The molecule has 1 unspecified atom stereocenters. The number of esters is 1. The number of aliphatic hydroxyl groups is 1. The minimum absolute atomic E-state index is 0.0340. The molecule has 1 aliphatic rings. The molecule has 23 heavy (non-hydrogen) atoms. The van der Waals surface area contributed by atoms with Crippen molar-refractivity contribution in [1.82, 2.24) is 9.99 Å². The fraction of sp³-hybridized carbons (Fsp3) is 0.500. The molecule has 1 aromatic rings. The van der Waals surface area contributed by atoms with Crippen molar-refractivity contribution in [1.29, 1.82) is 0 Å². The SMILES string of the molecule is CCOC(=O)C1=NN(C(=O)c2ccncc2)C(O)(C(C)(C)C)C1. The van der Waals surface area contributed by atoms with Crippen molar-refractivity contribution in [3.05, 3.63) is 30.1 Å². The summed E-state index contributed by atoms with van der Waals surface area (Å²) >= 11 is 0. The Labute approximate surface area is 135 Å². The molecule has 7 nitrogen and oxygen atoms in total. The van der Waals surface area contributed by atoms with Crippen molar-refractivity contribution in [2.24, 2.45) is 10.5 Å². The summed E-state index contributed by atoms with van der Waals surface area (Å²) in [6.07, 6.45) is 2.89. The third-order valence-electron chi connectivity index (χ3n) is 3.82. The second-order valence-corrected chi connectivity index (χ2v) is 6.36. The van der Waals surface area contributed by atoms with E-state index in [1.54, 1.807) is 27.7 Å². The van der Waals surface area contributed by atoms with Gasteiger partial charge < -0.3 is 9.84 Å². The molecule has 2 rings (SSSR count). The number of amides is 1. The number of hydrogen-bond acceptors (Lipinski definition) is 6. The van der Waals surface area contributed by atoms with Crippen LogP contribution in [0.3, 0.4) is 0 Å². The lowest BCUT2D eigenvalue weighted by Crippen LogP contribution is -2.55. The molecule has 0 aliphatic carbocycles. The van der Waals surface area contributed by atoms with Gasteiger partial charge in [0.15, 0.2) is 11.4 Å². The minimum atomic E-state index is -1.62. The molecule has 7 heteroatoms. The predicted octanol–water partition coefficient (Wildman–Crippen LogP) is 1.58. The maximum Gasteiger partial charge on any atom is 0.354 e. The van der Waals surface area contributed by atoms with E-state index < -0.39 is 23.0 Å². The number of nitrogens with zero attached hydrogens (tertiary/aromatic N) is 3. The van der Waals surface area contributed by atoms with E-state index in [1.807, 2.05) is 0 Å². The molecule has 0 spiro atoms. The van der Waals surface area contributed by atoms with Gasteiger partial charge in [-0.15, -0.1) is 0 Å². The van der Waals surface area contributed by atoms with Crippen LogP contribution in [0.5, 0.6) is 0 Å². The minimum Gasteiger partial charge on any atom is -0.461 e. The second kappa shape index (κ2) is 6.08. The van der Waals surface area contributed by atoms with Gasteiger partial charge in [-0.2, -0.15) is 10.1 Å². The Bertz CT molecular complexity index is 636. The Morgan fingerprint density at radius 2 is 1.96 bits per heavy atom. The molecule has 2 heterocycles. The average molecular weight is 319 g/mol. The Morgan fingerprint density at radius 3 is 2.48 bits per heavy atom. The summed E-state index contributed by atoms with van der Waals surface area (Å²) < 4.78 is 4.94. The van der Waals surface area contributed by atoms with E-state index in [9.17, 15) is 14.7 Å². The Hall–Kier alpha value is -2.28. The van der Waals surface area contributed by atoms with E-state index >= 15 is 0 Å². The smallest absolute Gasteiger partial charge is 0.354 e. The molecule has 0 fully saturated rings. The van der Waals surface area contributed by atoms with Crippen LogP contribution in [0.15, 0.2) is 29.6 Å². The van der Waals surface area contributed by atoms with Crippen molar-refractivity contribution in [2.45, 2.75) is 39.8 Å². The van der Waals surface area contributed by atoms with Crippen molar-refractivity contribution in [2.75, 3.05) is 6.61 Å². The summed E-state index contributed by atoms with van der Waals surface area (Å²) in [6.45, 7) is 7.23. The monoisotopic (exact) mass is 319 g/mol. The Kier molecular flexibility index (Phi) is 4.51. The summed E-state index contributed by atoms with van der Waals surface area (Å²) in [6, 6.07) is 3.06. The molecule has 1 aliphatic heterocycles. The zero-order valence-electron chi connectivity index (χ0n) is 13.7. The highest BCUT2D eigenvalue weighted by Gasteiger charge is 2.54. The van der Waals surface area contributed by atoms with Crippen LogP contribution in [-0.4, -0.2) is 45.0 Å². The quantitative estimate of drug-likeness (QED) is 0.854. The molecule has 0 saturated carbocycles. The largest absolute Gasteiger partial charge is 0.461 e. The van der Waals surface area contributed by atoms with Gasteiger partial charge >= 0.3 is 5.97 Å². The number of rotatable bonds is 3. The molecule has 0 saturated heterocycles. The van der Waals surface area contributed by atoms with Crippen molar-refractivity contribution in [3.63, 3.8) is 0 Å². The topological polar surface area (TPSA) is 92.1 Å². The van der Waals surface area contributed by atoms with E-state index in [0.29, 0.717) is 5.56 Å². The molecule has 1 N–H and O–H groups in total. The third-order valence-corrected chi connectivity index (χ3v) is 3.82. The fourth-order valence-corrected chi connectivity index (χ4v) is 2.29. The highest BCUT2D eigenvalue weighted by atomic mass is 16.5. The van der Waals surface area contributed by atoms with Crippen LogP contribution in [0, 0.1) is 5.41 Å². The van der Waals surface area contributed by atoms with Crippen LogP contribution in [0.2, 0.25) is 0 Å². The molecule has 0 radical (unpaired) electrons. The van der Waals surface area contributed by atoms with Gasteiger partial charge in [0, 0.05) is 29.8 Å². The Morgan fingerprint density at radius 1 is 1.35 bits per heavy atom. The molecule has 1 amide bonds. The van der Waals surface area contributed by atoms with Crippen molar-refractivity contribution < 1.29 is 19.4 Å². The van der Waals surface area contributed by atoms with E-state index in [2.05, 4.69) is 10.1 Å². The summed E-state index contributed by atoms with van der Waals surface area (Å²) in [5.74, 6) is -1.12. The standard InChI is InChI=1S/C16H21N3O4/c1-5-23-14(21)12-10-16(22,15(2,3)4)19(18-12)13(20)11-6-8-17-9-7-11/h6-9,22H,5,10H2,1-4H3. The van der Waals surface area contributed by atoms with Crippen LogP contribution in [0.25, 0.3) is 0 Å². The molecular weight excluding hydrogens is 298 g/mol. The zero-order chi connectivity index (χ0) is 17.3. The Balaban J connectivity index is 2.42. The summed E-state index contributed by atoms with van der Waals surface area (Å²) in [5.41, 5.74) is -1.97. The van der Waals surface area contributed by atoms with Gasteiger partial charge in [-0.25, -0.2) is 4.79 Å². The highest BCUT2D eigenvalue weighted by molar-refractivity contribution is 6.37. The van der Waals surface area contributed by atoms with Crippen molar-refractivity contribution >= 4 is 17.6 Å². The molecule has 1 atom stereocenters. The number of aromatic nitrogens is 1. The number of carbonyl (C=O) groups excluding carboxylic acids is 2. The lowest BCUT2D eigenvalue weighted by Gasteiger charge is -2.41.